The second kappa shape index (κ2) is 4.98. The SMILES string of the molecule is CC(C)(C)OC(=O)Nc1ccc(F)cc1[C@H]1[C@H](N)C1(C)C. The van der Waals surface area contributed by atoms with E-state index in [2.05, 4.69) is 5.32 Å². The third-order valence-corrected chi connectivity index (χ3v) is 3.89. The Balaban J connectivity index is 2.23. The normalized spacial score (nSPS) is 23.6. The number of rotatable bonds is 2. The molecule has 5 heteroatoms. The first kappa shape index (κ1) is 15.8. The minimum atomic E-state index is -0.584. The maximum atomic E-state index is 13.5. The quantitative estimate of drug-likeness (QED) is 0.875. The number of nitrogens with two attached hydrogens (primary N) is 1. The van der Waals surface area contributed by atoms with E-state index in [-0.39, 0.29) is 23.2 Å². The van der Waals surface area contributed by atoms with Crippen LogP contribution in [-0.4, -0.2) is 17.7 Å². The highest BCUT2D eigenvalue weighted by Crippen LogP contribution is 2.58. The second-order valence-electron chi connectivity index (χ2n) is 7.18. The molecule has 0 saturated heterocycles. The summed E-state index contributed by atoms with van der Waals surface area (Å²) in [4.78, 5) is 11.9. The zero-order valence-electron chi connectivity index (χ0n) is 13.2. The van der Waals surface area contributed by atoms with Crippen molar-refractivity contribution in [1.82, 2.24) is 0 Å². The van der Waals surface area contributed by atoms with E-state index in [1.165, 1.54) is 12.1 Å². The molecule has 3 N–H and O–H groups in total. The molecule has 2 rings (SSSR count). The van der Waals surface area contributed by atoms with Crippen molar-refractivity contribution in [2.75, 3.05) is 5.32 Å². The molecule has 1 saturated carbocycles. The van der Waals surface area contributed by atoms with Crippen LogP contribution < -0.4 is 11.1 Å². The number of nitrogens with one attached hydrogen (secondary N) is 1. The monoisotopic (exact) mass is 294 g/mol. The Kier molecular flexibility index (Phi) is 3.74. The Bertz CT molecular complexity index is 564. The summed E-state index contributed by atoms with van der Waals surface area (Å²) in [6, 6.07) is 4.26. The fourth-order valence-electron chi connectivity index (χ4n) is 2.59. The molecule has 1 aliphatic carbocycles. The summed E-state index contributed by atoms with van der Waals surface area (Å²) in [6.07, 6.45) is -0.553. The molecule has 0 radical (unpaired) electrons. The van der Waals surface area contributed by atoms with Gasteiger partial charge in [0.1, 0.15) is 11.4 Å². The maximum absolute atomic E-state index is 13.5. The van der Waals surface area contributed by atoms with Gasteiger partial charge in [-0.25, -0.2) is 9.18 Å². The lowest BCUT2D eigenvalue weighted by Crippen LogP contribution is -2.27. The highest BCUT2D eigenvalue weighted by Gasteiger charge is 2.57. The van der Waals surface area contributed by atoms with E-state index in [1.54, 1.807) is 26.8 Å². The Labute approximate surface area is 124 Å². The number of ether oxygens (including phenoxy) is 1. The van der Waals surface area contributed by atoms with Crippen LogP contribution >= 0.6 is 0 Å². The summed E-state index contributed by atoms with van der Waals surface area (Å²) in [7, 11) is 0. The van der Waals surface area contributed by atoms with Crippen LogP contribution in [0.15, 0.2) is 18.2 Å². The molecule has 4 nitrogen and oxygen atoms in total. The number of hydrogen-bond acceptors (Lipinski definition) is 3. The van der Waals surface area contributed by atoms with E-state index in [4.69, 9.17) is 10.5 Å². The van der Waals surface area contributed by atoms with Crippen LogP contribution in [0.3, 0.4) is 0 Å². The van der Waals surface area contributed by atoms with Crippen LogP contribution in [0.5, 0.6) is 0 Å². The fraction of sp³-hybridized carbons (Fsp3) is 0.562. The van der Waals surface area contributed by atoms with Crippen LogP contribution in [0.25, 0.3) is 0 Å². The molecule has 0 heterocycles. The van der Waals surface area contributed by atoms with E-state index in [9.17, 15) is 9.18 Å². The van der Waals surface area contributed by atoms with Crippen LogP contribution in [0.1, 0.15) is 46.1 Å². The van der Waals surface area contributed by atoms with Crippen molar-refractivity contribution < 1.29 is 13.9 Å². The van der Waals surface area contributed by atoms with Gasteiger partial charge in [0.15, 0.2) is 0 Å². The van der Waals surface area contributed by atoms with E-state index in [0.29, 0.717) is 5.69 Å². The summed E-state index contributed by atoms with van der Waals surface area (Å²) < 4.78 is 18.8. The molecule has 0 aliphatic heterocycles. The molecule has 1 aromatic carbocycles. The van der Waals surface area contributed by atoms with Gasteiger partial charge >= 0.3 is 6.09 Å². The highest BCUT2D eigenvalue weighted by molar-refractivity contribution is 5.86. The molecule has 0 unspecified atom stereocenters. The largest absolute Gasteiger partial charge is 0.444 e. The zero-order valence-corrected chi connectivity index (χ0v) is 13.2. The lowest BCUT2D eigenvalue weighted by Gasteiger charge is -2.20. The van der Waals surface area contributed by atoms with Gasteiger partial charge < -0.3 is 10.5 Å². The number of halogens is 1. The molecular formula is C16H23FN2O2. The van der Waals surface area contributed by atoms with Gasteiger partial charge in [0.2, 0.25) is 0 Å². The van der Waals surface area contributed by atoms with E-state index in [0.717, 1.165) is 5.56 Å². The number of anilines is 1. The minimum Gasteiger partial charge on any atom is -0.444 e. The summed E-state index contributed by atoms with van der Waals surface area (Å²) in [6.45, 7) is 9.43. The zero-order chi connectivity index (χ0) is 16.0. The predicted octanol–water partition coefficient (Wildman–Crippen LogP) is 3.62. The maximum Gasteiger partial charge on any atom is 0.412 e. The third-order valence-electron chi connectivity index (χ3n) is 3.89. The topological polar surface area (TPSA) is 64.3 Å². The van der Waals surface area contributed by atoms with Gasteiger partial charge in [-0.1, -0.05) is 13.8 Å². The Morgan fingerprint density at radius 3 is 2.43 bits per heavy atom. The van der Waals surface area contributed by atoms with Gasteiger partial charge in [0.05, 0.1) is 0 Å². The first-order valence-electron chi connectivity index (χ1n) is 7.07. The van der Waals surface area contributed by atoms with Crippen molar-refractivity contribution in [3.63, 3.8) is 0 Å². The van der Waals surface area contributed by atoms with Gasteiger partial charge in [0.25, 0.3) is 0 Å². The average Bonchev–Trinajstić information content (AvgIpc) is 2.78. The fourth-order valence-corrected chi connectivity index (χ4v) is 2.59. The molecule has 1 amide bonds. The molecule has 1 aromatic rings. The number of carbonyl (C=O) groups is 1. The van der Waals surface area contributed by atoms with Crippen molar-refractivity contribution in [2.24, 2.45) is 11.1 Å². The van der Waals surface area contributed by atoms with Crippen molar-refractivity contribution >= 4 is 11.8 Å². The molecule has 21 heavy (non-hydrogen) atoms. The van der Waals surface area contributed by atoms with Crippen molar-refractivity contribution in [1.29, 1.82) is 0 Å². The first-order chi connectivity index (χ1) is 9.52. The van der Waals surface area contributed by atoms with Gasteiger partial charge in [-0.3, -0.25) is 5.32 Å². The highest BCUT2D eigenvalue weighted by atomic mass is 19.1. The van der Waals surface area contributed by atoms with Gasteiger partial charge in [0, 0.05) is 17.6 Å². The van der Waals surface area contributed by atoms with Crippen LogP contribution in [0.2, 0.25) is 0 Å². The smallest absolute Gasteiger partial charge is 0.412 e. The molecular weight excluding hydrogens is 271 g/mol. The average molecular weight is 294 g/mol. The summed E-state index contributed by atoms with van der Waals surface area (Å²) in [5, 5.41) is 2.69. The minimum absolute atomic E-state index is 0.0261. The Morgan fingerprint density at radius 2 is 1.95 bits per heavy atom. The van der Waals surface area contributed by atoms with Crippen molar-refractivity contribution in [3.05, 3.63) is 29.6 Å². The van der Waals surface area contributed by atoms with Gasteiger partial charge in [-0.15, -0.1) is 0 Å². The molecule has 0 spiro atoms. The number of carbonyl (C=O) groups excluding carboxylic acids is 1. The van der Waals surface area contributed by atoms with Gasteiger partial charge in [-0.05, 0) is 49.9 Å². The standard InChI is InChI=1S/C16H23FN2O2/c1-15(2,3)21-14(20)19-11-7-6-9(17)8-10(11)12-13(18)16(12,4)5/h6-8,12-13H,18H2,1-5H3,(H,19,20)/t12-,13-/m0/s1. The lowest BCUT2D eigenvalue weighted by atomic mass is 10.0. The van der Waals surface area contributed by atoms with E-state index >= 15 is 0 Å². The first-order valence-corrected chi connectivity index (χ1v) is 7.07. The molecule has 0 aromatic heterocycles. The molecule has 0 bridgehead atoms. The second-order valence-corrected chi connectivity index (χ2v) is 7.18. The van der Waals surface area contributed by atoms with Gasteiger partial charge in [-0.2, -0.15) is 0 Å². The number of benzene rings is 1. The van der Waals surface area contributed by atoms with E-state index in [1.807, 2.05) is 13.8 Å². The van der Waals surface area contributed by atoms with Crippen molar-refractivity contribution in [3.8, 4) is 0 Å². The summed E-state index contributed by atoms with van der Waals surface area (Å²) >= 11 is 0. The molecule has 1 aliphatic rings. The lowest BCUT2D eigenvalue weighted by molar-refractivity contribution is 0.0635. The van der Waals surface area contributed by atoms with E-state index < -0.39 is 11.7 Å². The molecule has 1 fully saturated rings. The van der Waals surface area contributed by atoms with Crippen molar-refractivity contribution in [2.45, 2.75) is 52.2 Å². The van der Waals surface area contributed by atoms with Crippen LogP contribution in [0, 0.1) is 11.2 Å². The number of hydrogen-bond donors (Lipinski definition) is 2. The summed E-state index contributed by atoms with van der Waals surface area (Å²) in [5.74, 6) is -0.312. The Morgan fingerprint density at radius 1 is 1.38 bits per heavy atom. The number of amides is 1. The Hall–Kier alpha value is -1.62. The third kappa shape index (κ3) is 3.35. The molecule has 2 atom stereocenters. The van der Waals surface area contributed by atoms with Crippen LogP contribution in [0.4, 0.5) is 14.9 Å². The predicted molar refractivity (Wildman–Crippen MR) is 80.8 cm³/mol. The molecule has 116 valence electrons. The summed E-state index contributed by atoms with van der Waals surface area (Å²) in [5.41, 5.74) is 6.65. The van der Waals surface area contributed by atoms with Crippen LogP contribution in [-0.2, 0) is 4.74 Å².